The van der Waals surface area contributed by atoms with Crippen molar-refractivity contribution in [3.63, 3.8) is 0 Å². The van der Waals surface area contributed by atoms with Gasteiger partial charge in [0.15, 0.2) is 0 Å². The third-order valence-electron chi connectivity index (χ3n) is 8.09. The average Bonchev–Trinajstić information content (AvgIpc) is 3.67. The summed E-state index contributed by atoms with van der Waals surface area (Å²) in [5.41, 5.74) is 4.16. The second-order valence-electron chi connectivity index (χ2n) is 11.5. The molecule has 3 aromatic carbocycles. The molecule has 0 fully saturated rings. The Labute approximate surface area is 286 Å². The van der Waals surface area contributed by atoms with Crippen LogP contribution in [0.2, 0.25) is 0 Å². The van der Waals surface area contributed by atoms with Gasteiger partial charge in [0.05, 0.1) is 18.4 Å². The molecular formula is C37H34N4O5S2. The van der Waals surface area contributed by atoms with Gasteiger partial charge in [-0.3, -0.25) is 14.4 Å². The first kappa shape index (κ1) is 32.8. The zero-order valence-corrected chi connectivity index (χ0v) is 28.1. The van der Waals surface area contributed by atoms with Crippen molar-refractivity contribution in [2.75, 3.05) is 23.5 Å². The number of amides is 3. The Morgan fingerprint density at radius 2 is 1.73 bits per heavy atom. The van der Waals surface area contributed by atoms with Crippen molar-refractivity contribution in [1.29, 1.82) is 0 Å². The summed E-state index contributed by atoms with van der Waals surface area (Å²) in [6.45, 7) is 2.19. The van der Waals surface area contributed by atoms with Crippen LogP contribution in [0.15, 0.2) is 95.7 Å². The summed E-state index contributed by atoms with van der Waals surface area (Å²) in [5.74, 6) is -0.883. The van der Waals surface area contributed by atoms with E-state index in [0.717, 1.165) is 51.1 Å². The topological polar surface area (TPSA) is 129 Å². The highest BCUT2D eigenvalue weighted by Gasteiger charge is 2.29. The number of thiophene rings is 1. The second-order valence-corrected chi connectivity index (χ2v) is 13.7. The quantitative estimate of drug-likeness (QED) is 0.0698. The van der Waals surface area contributed by atoms with Crippen molar-refractivity contribution < 1.29 is 23.9 Å². The molecule has 1 aliphatic carbocycles. The summed E-state index contributed by atoms with van der Waals surface area (Å²) in [5, 5.41) is 10.0. The Morgan fingerprint density at radius 3 is 2.50 bits per heavy atom. The largest absolute Gasteiger partial charge is 0.465 e. The molecule has 2 heterocycles. The van der Waals surface area contributed by atoms with Gasteiger partial charge in [0.25, 0.3) is 11.8 Å². The number of ether oxygens (including phenoxy) is 1. The number of rotatable bonds is 10. The van der Waals surface area contributed by atoms with Crippen LogP contribution in [0.1, 0.15) is 50.1 Å². The van der Waals surface area contributed by atoms with E-state index in [2.05, 4.69) is 27.9 Å². The van der Waals surface area contributed by atoms with Crippen molar-refractivity contribution in [2.45, 2.75) is 31.1 Å². The van der Waals surface area contributed by atoms with Gasteiger partial charge in [0, 0.05) is 43.7 Å². The highest BCUT2D eigenvalue weighted by atomic mass is 32.2. The lowest BCUT2D eigenvalue weighted by Crippen LogP contribution is -2.30. The van der Waals surface area contributed by atoms with Crippen LogP contribution in [0.3, 0.4) is 0 Å². The van der Waals surface area contributed by atoms with Crippen LogP contribution < -0.4 is 16.0 Å². The molecule has 0 radical (unpaired) electrons. The summed E-state index contributed by atoms with van der Waals surface area (Å²) in [7, 11) is 1.35. The standard InChI is InChI=1S/C37H34N4O5S2/c1-22-12-17-28-31(18-22)48-36(33(28)37(45)46-2)41-32(42)21-47-26-15-13-25(14-16-26)39-35(44)30(40-34(43)23-8-4-3-5-9-23)19-24-20-38-29-11-7-6-10-27(24)29/h3-11,13-16,19-20,22,38H,12,17-18,21H2,1-2H3,(H,39,44)(H,40,43)(H,41,42)/b30-19-. The van der Waals surface area contributed by atoms with E-state index in [1.54, 1.807) is 48.7 Å². The Hall–Kier alpha value is -5.13. The summed E-state index contributed by atoms with van der Waals surface area (Å²) in [6.07, 6.45) is 6.12. The number of hydrogen-bond acceptors (Lipinski definition) is 7. The molecule has 1 aliphatic rings. The molecule has 0 bridgehead atoms. The lowest BCUT2D eigenvalue weighted by Gasteiger charge is -2.18. The van der Waals surface area contributed by atoms with Crippen LogP contribution in [-0.4, -0.2) is 41.5 Å². The van der Waals surface area contributed by atoms with Gasteiger partial charge in [-0.15, -0.1) is 23.1 Å². The summed E-state index contributed by atoms with van der Waals surface area (Å²) in [6, 6.07) is 23.5. The highest BCUT2D eigenvalue weighted by Crippen LogP contribution is 2.40. The second kappa shape index (κ2) is 14.7. The maximum absolute atomic E-state index is 13.5. The molecule has 0 spiro atoms. The van der Waals surface area contributed by atoms with Gasteiger partial charge < -0.3 is 25.7 Å². The van der Waals surface area contributed by atoms with Crippen LogP contribution in [0.5, 0.6) is 0 Å². The molecule has 5 aromatic rings. The van der Waals surface area contributed by atoms with Crippen LogP contribution in [-0.2, 0) is 27.2 Å². The minimum Gasteiger partial charge on any atom is -0.465 e. The molecule has 6 rings (SSSR count). The Balaban J connectivity index is 1.12. The minimum atomic E-state index is -0.487. The lowest BCUT2D eigenvalue weighted by atomic mass is 9.88. The minimum absolute atomic E-state index is 0.0831. The van der Waals surface area contributed by atoms with Crippen LogP contribution in [0, 0.1) is 5.92 Å². The maximum atomic E-state index is 13.5. The smallest absolute Gasteiger partial charge is 0.341 e. The molecule has 11 heteroatoms. The van der Waals surface area contributed by atoms with Crippen molar-refractivity contribution in [1.82, 2.24) is 10.3 Å². The van der Waals surface area contributed by atoms with Gasteiger partial charge in [0.1, 0.15) is 10.7 Å². The molecule has 0 aliphatic heterocycles. The normalized spacial score (nSPS) is 14.2. The number of hydrogen-bond donors (Lipinski definition) is 4. The van der Waals surface area contributed by atoms with Gasteiger partial charge in [-0.2, -0.15) is 0 Å². The highest BCUT2D eigenvalue weighted by molar-refractivity contribution is 8.00. The van der Waals surface area contributed by atoms with E-state index in [9.17, 15) is 19.2 Å². The van der Waals surface area contributed by atoms with E-state index in [4.69, 9.17) is 4.74 Å². The molecule has 2 aromatic heterocycles. The zero-order valence-electron chi connectivity index (χ0n) is 26.4. The van der Waals surface area contributed by atoms with E-state index in [1.807, 2.05) is 42.5 Å². The third-order valence-corrected chi connectivity index (χ3v) is 10.3. The number of para-hydroxylation sites is 1. The Kier molecular flexibility index (Phi) is 10.1. The van der Waals surface area contributed by atoms with E-state index < -0.39 is 17.8 Å². The van der Waals surface area contributed by atoms with Gasteiger partial charge in [-0.1, -0.05) is 43.3 Å². The average molecular weight is 679 g/mol. The number of methoxy groups -OCH3 is 1. The number of nitrogens with one attached hydrogen (secondary N) is 4. The van der Waals surface area contributed by atoms with E-state index in [0.29, 0.717) is 27.7 Å². The first-order valence-corrected chi connectivity index (χ1v) is 17.3. The molecule has 48 heavy (non-hydrogen) atoms. The lowest BCUT2D eigenvalue weighted by molar-refractivity contribution is -0.114. The number of aromatic amines is 1. The molecule has 1 atom stereocenters. The molecule has 244 valence electrons. The van der Waals surface area contributed by atoms with E-state index in [1.165, 1.54) is 30.2 Å². The van der Waals surface area contributed by atoms with Gasteiger partial charge in [-0.25, -0.2) is 4.79 Å². The monoisotopic (exact) mass is 678 g/mol. The first-order chi connectivity index (χ1) is 23.3. The van der Waals surface area contributed by atoms with Crippen molar-refractivity contribution in [2.24, 2.45) is 5.92 Å². The number of carbonyl (C=O) groups is 4. The zero-order chi connectivity index (χ0) is 33.6. The number of H-pyrrole nitrogens is 1. The molecule has 3 amide bonds. The number of fused-ring (bicyclic) bond motifs is 2. The van der Waals surface area contributed by atoms with Crippen molar-refractivity contribution in [3.8, 4) is 0 Å². The number of aromatic nitrogens is 1. The fourth-order valence-electron chi connectivity index (χ4n) is 5.61. The molecule has 4 N–H and O–H groups in total. The van der Waals surface area contributed by atoms with E-state index in [-0.39, 0.29) is 17.4 Å². The maximum Gasteiger partial charge on any atom is 0.341 e. The predicted molar refractivity (Wildman–Crippen MR) is 191 cm³/mol. The molecule has 0 saturated carbocycles. The van der Waals surface area contributed by atoms with Crippen LogP contribution in [0.4, 0.5) is 10.7 Å². The third kappa shape index (κ3) is 7.53. The van der Waals surface area contributed by atoms with Crippen LogP contribution >= 0.6 is 23.1 Å². The summed E-state index contributed by atoms with van der Waals surface area (Å²) in [4.78, 5) is 57.2. The number of esters is 1. The van der Waals surface area contributed by atoms with Crippen molar-refractivity contribution >= 4 is 74.5 Å². The van der Waals surface area contributed by atoms with Gasteiger partial charge in [0.2, 0.25) is 5.91 Å². The fourth-order valence-corrected chi connectivity index (χ4v) is 7.73. The summed E-state index contributed by atoms with van der Waals surface area (Å²) >= 11 is 2.80. The number of benzene rings is 3. The van der Waals surface area contributed by atoms with Crippen molar-refractivity contribution in [3.05, 3.63) is 118 Å². The summed E-state index contributed by atoms with van der Waals surface area (Å²) < 4.78 is 5.03. The SMILES string of the molecule is COC(=O)c1c(NC(=O)CSc2ccc(NC(=O)/C(=C/c3c[nH]c4ccccc34)NC(=O)c3ccccc3)cc2)sc2c1CCC(C)C2. The molecule has 0 saturated heterocycles. The van der Waals surface area contributed by atoms with Gasteiger partial charge in [-0.05, 0) is 79.3 Å². The fraction of sp³-hybridized carbons (Fsp3) is 0.189. The Bertz CT molecular complexity index is 2010. The number of anilines is 2. The molecule has 1 unspecified atom stereocenters. The Morgan fingerprint density at radius 1 is 0.979 bits per heavy atom. The molecular weight excluding hydrogens is 645 g/mol. The van der Waals surface area contributed by atoms with Crippen LogP contribution in [0.25, 0.3) is 17.0 Å². The van der Waals surface area contributed by atoms with Gasteiger partial charge >= 0.3 is 5.97 Å². The number of carbonyl (C=O) groups excluding carboxylic acids is 4. The number of thioether (sulfide) groups is 1. The van der Waals surface area contributed by atoms with E-state index >= 15 is 0 Å². The first-order valence-electron chi connectivity index (χ1n) is 15.5. The predicted octanol–water partition coefficient (Wildman–Crippen LogP) is 7.28. The molecule has 9 nitrogen and oxygen atoms in total.